The maximum atomic E-state index is 13.7. The third kappa shape index (κ3) is 4.52. The molecule has 0 spiro atoms. The van der Waals surface area contributed by atoms with Gasteiger partial charge in [-0.05, 0) is 52.2 Å². The van der Waals surface area contributed by atoms with E-state index >= 15 is 0 Å². The van der Waals surface area contributed by atoms with Crippen LogP contribution in [0.25, 0.3) is 0 Å². The Morgan fingerprint density at radius 3 is 2.43 bits per heavy atom. The van der Waals surface area contributed by atoms with Gasteiger partial charge in [0.05, 0.1) is 0 Å². The molecule has 0 aromatic carbocycles. The van der Waals surface area contributed by atoms with Crippen molar-refractivity contribution in [2.75, 3.05) is 43.9 Å². The van der Waals surface area contributed by atoms with Crippen molar-refractivity contribution in [3.8, 4) is 0 Å². The van der Waals surface area contributed by atoms with Crippen LogP contribution < -0.4 is 10.6 Å². The van der Waals surface area contributed by atoms with Crippen LogP contribution >= 0.6 is 0 Å². The molecule has 0 aliphatic carbocycles. The molecule has 2 heterocycles. The maximum Gasteiger partial charge on any atom is 0.168 e. The van der Waals surface area contributed by atoms with Crippen molar-refractivity contribution < 1.29 is 8.78 Å². The molecule has 1 saturated heterocycles. The molecule has 0 saturated carbocycles. The predicted molar refractivity (Wildman–Crippen MR) is 81.6 cm³/mol. The van der Waals surface area contributed by atoms with Crippen molar-refractivity contribution in [3.05, 3.63) is 17.7 Å². The van der Waals surface area contributed by atoms with E-state index in [9.17, 15) is 8.78 Å². The van der Waals surface area contributed by atoms with Crippen LogP contribution in [0.5, 0.6) is 0 Å². The molecule has 0 radical (unpaired) electrons. The van der Waals surface area contributed by atoms with E-state index in [0.717, 1.165) is 25.6 Å². The number of nitrogens with zero attached hydrogens (tertiary/aromatic N) is 2. The molecule has 1 aliphatic rings. The zero-order valence-corrected chi connectivity index (χ0v) is 12.8. The zero-order valence-electron chi connectivity index (χ0n) is 12.8. The molecule has 0 bridgehead atoms. The average Bonchev–Trinajstić information content (AvgIpc) is 2.46. The summed E-state index contributed by atoms with van der Waals surface area (Å²) in [6.45, 7) is 5.30. The Bertz CT molecular complexity index is 459. The Morgan fingerprint density at radius 2 is 1.81 bits per heavy atom. The fraction of sp³-hybridized carbons (Fsp3) is 0.667. The van der Waals surface area contributed by atoms with Crippen molar-refractivity contribution in [2.45, 2.75) is 26.2 Å². The summed E-state index contributed by atoms with van der Waals surface area (Å²) in [6.07, 6.45) is 3.35. The van der Waals surface area contributed by atoms with E-state index in [2.05, 4.69) is 27.6 Å². The van der Waals surface area contributed by atoms with E-state index in [1.54, 1.807) is 0 Å². The van der Waals surface area contributed by atoms with Gasteiger partial charge in [-0.1, -0.05) is 0 Å². The van der Waals surface area contributed by atoms with Crippen LogP contribution in [0.15, 0.2) is 6.07 Å². The lowest BCUT2D eigenvalue weighted by Gasteiger charge is -2.28. The van der Waals surface area contributed by atoms with Gasteiger partial charge in [-0.3, -0.25) is 0 Å². The number of hydrogen-bond donors (Lipinski definition) is 2. The smallest absolute Gasteiger partial charge is 0.168 e. The summed E-state index contributed by atoms with van der Waals surface area (Å²) in [4.78, 5) is 6.30. The topological polar surface area (TPSA) is 40.2 Å². The van der Waals surface area contributed by atoms with Gasteiger partial charge in [-0.15, -0.1) is 0 Å². The van der Waals surface area contributed by atoms with Crippen LogP contribution in [0.2, 0.25) is 0 Å². The summed E-state index contributed by atoms with van der Waals surface area (Å²) in [7, 11) is 2.13. The highest BCUT2D eigenvalue weighted by atomic mass is 19.1. The first-order chi connectivity index (χ1) is 10.1. The molecule has 118 valence electrons. The second-order valence-corrected chi connectivity index (χ2v) is 5.64. The van der Waals surface area contributed by atoms with Crippen LogP contribution in [0.1, 0.15) is 26.2 Å². The summed E-state index contributed by atoms with van der Waals surface area (Å²) in [6, 6.07) is 0.878. The lowest BCUT2D eigenvalue weighted by Crippen LogP contribution is -2.30. The van der Waals surface area contributed by atoms with Crippen molar-refractivity contribution >= 4 is 11.6 Å². The third-order valence-corrected chi connectivity index (χ3v) is 3.96. The lowest BCUT2D eigenvalue weighted by atomic mass is 9.94. The highest BCUT2D eigenvalue weighted by Gasteiger charge is 2.17. The lowest BCUT2D eigenvalue weighted by molar-refractivity contribution is 0.215. The number of likely N-dealkylation sites (tertiary alicyclic amines) is 1. The Hall–Kier alpha value is -1.43. The number of rotatable bonds is 6. The fourth-order valence-corrected chi connectivity index (χ4v) is 2.63. The molecule has 21 heavy (non-hydrogen) atoms. The van der Waals surface area contributed by atoms with Gasteiger partial charge in [-0.2, -0.15) is 0 Å². The summed E-state index contributed by atoms with van der Waals surface area (Å²) in [5.41, 5.74) is 0. The van der Waals surface area contributed by atoms with E-state index in [0.29, 0.717) is 19.0 Å². The van der Waals surface area contributed by atoms with Crippen LogP contribution in [0.3, 0.4) is 0 Å². The molecule has 6 heteroatoms. The molecule has 1 aromatic heterocycles. The molecule has 1 aliphatic heterocycles. The molecular formula is C15H24F2N4. The maximum absolute atomic E-state index is 13.7. The Balaban J connectivity index is 1.86. The van der Waals surface area contributed by atoms with Gasteiger partial charge < -0.3 is 15.5 Å². The molecule has 1 aromatic rings. The third-order valence-electron chi connectivity index (χ3n) is 3.96. The van der Waals surface area contributed by atoms with Crippen molar-refractivity contribution in [3.63, 3.8) is 0 Å². The second kappa shape index (κ2) is 7.54. The molecule has 1 fully saturated rings. The van der Waals surface area contributed by atoms with Gasteiger partial charge >= 0.3 is 0 Å². The van der Waals surface area contributed by atoms with Gasteiger partial charge in [0.25, 0.3) is 0 Å². The first kappa shape index (κ1) is 15.9. The minimum absolute atomic E-state index is 0.0979. The van der Waals surface area contributed by atoms with Crippen LogP contribution in [-0.2, 0) is 0 Å². The summed E-state index contributed by atoms with van der Waals surface area (Å²) >= 11 is 0. The van der Waals surface area contributed by atoms with Crippen LogP contribution in [-0.4, -0.2) is 43.1 Å². The van der Waals surface area contributed by atoms with Crippen molar-refractivity contribution in [1.29, 1.82) is 0 Å². The SMILES string of the molecule is CCNc1nc(NCCC2CCN(C)CC2)c(F)cc1F. The highest BCUT2D eigenvalue weighted by molar-refractivity contribution is 5.47. The molecule has 0 amide bonds. The number of piperidine rings is 1. The molecule has 0 unspecified atom stereocenters. The second-order valence-electron chi connectivity index (χ2n) is 5.64. The first-order valence-electron chi connectivity index (χ1n) is 7.62. The van der Waals surface area contributed by atoms with Crippen molar-refractivity contribution in [1.82, 2.24) is 9.88 Å². The van der Waals surface area contributed by atoms with Gasteiger partial charge in [0.1, 0.15) is 0 Å². The number of anilines is 2. The quantitative estimate of drug-likeness (QED) is 0.847. The first-order valence-corrected chi connectivity index (χ1v) is 7.62. The predicted octanol–water partition coefficient (Wildman–Crippen LogP) is 2.94. The molecule has 4 nitrogen and oxygen atoms in total. The van der Waals surface area contributed by atoms with Gasteiger partial charge in [0, 0.05) is 19.2 Å². The minimum atomic E-state index is -0.657. The van der Waals surface area contributed by atoms with Crippen LogP contribution in [0, 0.1) is 17.6 Å². The Morgan fingerprint density at radius 1 is 1.19 bits per heavy atom. The standard InChI is InChI=1S/C15H24F2N4/c1-3-18-14-12(16)10-13(17)15(20-14)19-7-4-11-5-8-21(2)9-6-11/h10-11H,3-9H2,1-2H3,(H2,18,19,20). The number of halogens is 2. The largest absolute Gasteiger partial charge is 0.368 e. The molecule has 0 atom stereocenters. The molecular weight excluding hydrogens is 274 g/mol. The van der Waals surface area contributed by atoms with Gasteiger partial charge in [0.15, 0.2) is 23.3 Å². The number of aromatic nitrogens is 1. The van der Waals surface area contributed by atoms with E-state index < -0.39 is 11.6 Å². The van der Waals surface area contributed by atoms with E-state index in [4.69, 9.17) is 0 Å². The van der Waals surface area contributed by atoms with Gasteiger partial charge in [-0.25, -0.2) is 13.8 Å². The summed E-state index contributed by atoms with van der Waals surface area (Å²) in [5.74, 6) is -0.404. The van der Waals surface area contributed by atoms with E-state index in [1.165, 1.54) is 12.8 Å². The highest BCUT2D eigenvalue weighted by Crippen LogP contribution is 2.21. The zero-order chi connectivity index (χ0) is 15.2. The van der Waals surface area contributed by atoms with Crippen molar-refractivity contribution in [2.24, 2.45) is 5.92 Å². The van der Waals surface area contributed by atoms with Gasteiger partial charge in [0.2, 0.25) is 0 Å². The monoisotopic (exact) mass is 298 g/mol. The Labute approximate surface area is 124 Å². The Kier molecular flexibility index (Phi) is 5.73. The van der Waals surface area contributed by atoms with E-state index in [1.807, 2.05) is 6.92 Å². The molecule has 2 rings (SSSR count). The average molecular weight is 298 g/mol. The fourth-order valence-electron chi connectivity index (χ4n) is 2.63. The normalized spacial score (nSPS) is 17.0. The van der Waals surface area contributed by atoms with E-state index in [-0.39, 0.29) is 11.6 Å². The van der Waals surface area contributed by atoms with Crippen LogP contribution in [0.4, 0.5) is 20.4 Å². The summed E-state index contributed by atoms with van der Waals surface area (Å²) in [5, 5.41) is 5.78. The minimum Gasteiger partial charge on any atom is -0.368 e. The summed E-state index contributed by atoms with van der Waals surface area (Å²) < 4.78 is 27.2. The molecule has 2 N–H and O–H groups in total. The number of hydrogen-bond acceptors (Lipinski definition) is 4. The number of pyridine rings is 1. The number of nitrogens with one attached hydrogen (secondary N) is 2.